The number of carbonyl (C=O) groups is 1. The van der Waals surface area contributed by atoms with Gasteiger partial charge in [0.2, 0.25) is 6.30 Å². The van der Waals surface area contributed by atoms with E-state index in [0.717, 1.165) is 10.5 Å². The van der Waals surface area contributed by atoms with Crippen molar-refractivity contribution in [2.45, 2.75) is 58.2 Å². The van der Waals surface area contributed by atoms with E-state index < -0.39 is 18.0 Å². The second-order valence-corrected chi connectivity index (χ2v) is 8.64. The molecule has 166 valence electrons. The van der Waals surface area contributed by atoms with Crippen LogP contribution in [-0.2, 0) is 4.74 Å². The zero-order valence-electron chi connectivity index (χ0n) is 18.4. The van der Waals surface area contributed by atoms with Gasteiger partial charge in [-0.25, -0.2) is 9.18 Å². The van der Waals surface area contributed by atoms with Crippen LogP contribution >= 0.6 is 0 Å². The number of fused-ring (bicyclic) bond motifs is 1. The van der Waals surface area contributed by atoms with Gasteiger partial charge in [0.15, 0.2) is 0 Å². The summed E-state index contributed by atoms with van der Waals surface area (Å²) in [6, 6.07) is 14.1. The van der Waals surface area contributed by atoms with Gasteiger partial charge >= 0.3 is 6.09 Å². The molecule has 1 heterocycles. The Morgan fingerprint density at radius 2 is 1.94 bits per heavy atom. The molecule has 0 fully saturated rings. The minimum absolute atomic E-state index is 0.0972. The summed E-state index contributed by atoms with van der Waals surface area (Å²) >= 11 is 0. The summed E-state index contributed by atoms with van der Waals surface area (Å²) in [5.74, 6) is 0.584. The van der Waals surface area contributed by atoms with Crippen LogP contribution < -0.4 is 10.5 Å². The first-order chi connectivity index (χ1) is 14.6. The summed E-state index contributed by atoms with van der Waals surface area (Å²) in [7, 11) is 0. The molecule has 1 aliphatic rings. The molecule has 1 aliphatic heterocycles. The summed E-state index contributed by atoms with van der Waals surface area (Å²) < 4.78 is 26.8. The third-order valence-electron chi connectivity index (χ3n) is 4.80. The normalized spacial score (nSPS) is 17.3. The quantitative estimate of drug-likeness (QED) is 0.621. The molecular formula is C24H30FN3O3. The number of aliphatic imine (C=N–C) groups is 1. The molecule has 6 nitrogen and oxygen atoms in total. The van der Waals surface area contributed by atoms with E-state index in [9.17, 15) is 4.79 Å². The first kappa shape index (κ1) is 22.7. The van der Waals surface area contributed by atoms with Crippen molar-refractivity contribution in [1.82, 2.24) is 4.90 Å². The summed E-state index contributed by atoms with van der Waals surface area (Å²) in [4.78, 5) is 18.2. The van der Waals surface area contributed by atoms with Gasteiger partial charge in [-0.2, -0.15) is 0 Å². The highest BCUT2D eigenvalue weighted by Gasteiger charge is 2.30. The number of rotatable bonds is 6. The van der Waals surface area contributed by atoms with Gasteiger partial charge in [0.1, 0.15) is 23.1 Å². The number of halogens is 1. The van der Waals surface area contributed by atoms with E-state index in [1.54, 1.807) is 45.2 Å². The Kier molecular flexibility index (Phi) is 6.95. The summed E-state index contributed by atoms with van der Waals surface area (Å²) in [6.07, 6.45) is -0.543. The highest BCUT2D eigenvalue weighted by Crippen LogP contribution is 2.36. The van der Waals surface area contributed by atoms with Crippen molar-refractivity contribution in [2.24, 2.45) is 10.7 Å². The molecular weight excluding hydrogens is 397 g/mol. The molecule has 3 atom stereocenters. The lowest BCUT2D eigenvalue weighted by molar-refractivity contribution is -0.00460. The number of nitrogens with zero attached hydrogens (tertiary/aromatic N) is 2. The van der Waals surface area contributed by atoms with Crippen molar-refractivity contribution in [3.63, 3.8) is 0 Å². The molecule has 1 unspecified atom stereocenters. The Hall–Kier alpha value is -2.93. The molecule has 0 spiro atoms. The zero-order valence-corrected chi connectivity index (χ0v) is 18.4. The van der Waals surface area contributed by atoms with Gasteiger partial charge in [0.05, 0.1) is 0 Å². The third-order valence-corrected chi connectivity index (χ3v) is 4.80. The Bertz CT molecular complexity index is 927. The van der Waals surface area contributed by atoms with Gasteiger partial charge in [-0.1, -0.05) is 36.4 Å². The van der Waals surface area contributed by atoms with Crippen LogP contribution in [0.4, 0.5) is 14.9 Å². The molecule has 0 aromatic heterocycles. The van der Waals surface area contributed by atoms with Gasteiger partial charge in [-0.05, 0) is 51.8 Å². The summed E-state index contributed by atoms with van der Waals surface area (Å²) in [5.41, 5.74) is 7.28. The molecule has 2 aromatic rings. The van der Waals surface area contributed by atoms with Crippen molar-refractivity contribution in [3.8, 4) is 5.75 Å². The molecule has 7 heteroatoms. The highest BCUT2D eigenvalue weighted by atomic mass is 19.1. The second-order valence-electron chi connectivity index (χ2n) is 8.64. The van der Waals surface area contributed by atoms with E-state index in [-0.39, 0.29) is 18.7 Å². The molecule has 0 saturated heterocycles. The largest absolute Gasteiger partial charge is 0.483 e. The Morgan fingerprint density at radius 1 is 1.23 bits per heavy atom. The fourth-order valence-corrected chi connectivity index (χ4v) is 3.24. The highest BCUT2D eigenvalue weighted by molar-refractivity contribution is 5.74. The average Bonchev–Trinajstić information content (AvgIpc) is 2.72. The maximum atomic E-state index is 15.6. The number of carbonyl (C=O) groups excluding carboxylic acids is 1. The Balaban J connectivity index is 1.80. The Morgan fingerprint density at radius 3 is 2.61 bits per heavy atom. The van der Waals surface area contributed by atoms with Crippen LogP contribution in [0.15, 0.2) is 53.5 Å². The van der Waals surface area contributed by atoms with Crippen molar-refractivity contribution in [2.75, 3.05) is 6.54 Å². The standard InChI is InChI=1S/C24H30FN3O3/c1-16-15-27-20-14-18(10-11-21(20)30-16)22(25)28(23(29)31-24(2,3)4)13-12-19(26)17-8-6-5-7-9-17/h5-11,14-16,19,22H,12-13,26H2,1-4H3/t16-,19-,22?/m1/s1. The first-order valence-electron chi connectivity index (χ1n) is 10.4. The van der Waals surface area contributed by atoms with Gasteiger partial charge < -0.3 is 15.2 Å². The van der Waals surface area contributed by atoms with E-state index >= 15 is 4.39 Å². The minimum atomic E-state index is -1.71. The maximum Gasteiger partial charge on any atom is 0.412 e. The third kappa shape index (κ3) is 6.04. The van der Waals surface area contributed by atoms with Crippen LogP contribution in [0.2, 0.25) is 0 Å². The molecule has 0 aliphatic carbocycles. The number of hydrogen-bond donors (Lipinski definition) is 1. The van der Waals surface area contributed by atoms with Crippen molar-refractivity contribution in [1.29, 1.82) is 0 Å². The number of nitrogens with two attached hydrogens (primary N) is 1. The fraction of sp³-hybridized carbons (Fsp3) is 0.417. The van der Waals surface area contributed by atoms with Crippen molar-refractivity contribution < 1.29 is 18.7 Å². The average molecular weight is 428 g/mol. The number of amides is 1. The molecule has 2 aromatic carbocycles. The van der Waals surface area contributed by atoms with Crippen molar-refractivity contribution in [3.05, 3.63) is 59.7 Å². The molecule has 0 saturated carbocycles. The number of ether oxygens (including phenoxy) is 2. The zero-order chi connectivity index (χ0) is 22.6. The predicted octanol–water partition coefficient (Wildman–Crippen LogP) is 5.47. The van der Waals surface area contributed by atoms with E-state index in [2.05, 4.69) is 4.99 Å². The van der Waals surface area contributed by atoms with Crippen LogP contribution in [0.1, 0.15) is 57.6 Å². The molecule has 2 N–H and O–H groups in total. The first-order valence-corrected chi connectivity index (χ1v) is 10.4. The maximum absolute atomic E-state index is 15.6. The predicted molar refractivity (Wildman–Crippen MR) is 119 cm³/mol. The van der Waals surface area contributed by atoms with Crippen LogP contribution in [0.3, 0.4) is 0 Å². The molecule has 0 bridgehead atoms. The summed E-state index contributed by atoms with van der Waals surface area (Å²) in [5, 5.41) is 0. The van der Waals surface area contributed by atoms with E-state index in [1.807, 2.05) is 37.3 Å². The molecule has 3 rings (SSSR count). The van der Waals surface area contributed by atoms with Crippen LogP contribution in [0, 0.1) is 0 Å². The summed E-state index contributed by atoms with van der Waals surface area (Å²) in [6.45, 7) is 7.22. The molecule has 1 amide bonds. The monoisotopic (exact) mass is 427 g/mol. The molecule has 0 radical (unpaired) electrons. The number of alkyl halides is 1. The number of benzene rings is 2. The smallest absolute Gasteiger partial charge is 0.412 e. The van der Waals surface area contributed by atoms with Gasteiger partial charge in [-0.3, -0.25) is 9.89 Å². The topological polar surface area (TPSA) is 77.2 Å². The van der Waals surface area contributed by atoms with Crippen LogP contribution in [0.5, 0.6) is 5.75 Å². The van der Waals surface area contributed by atoms with E-state index in [4.69, 9.17) is 15.2 Å². The number of hydrogen-bond acceptors (Lipinski definition) is 5. The SMILES string of the molecule is C[C@@H]1C=Nc2cc(C(F)N(CC[C@@H](N)c3ccccc3)C(=O)OC(C)(C)C)ccc2O1. The minimum Gasteiger partial charge on any atom is -0.483 e. The molecule has 31 heavy (non-hydrogen) atoms. The fourth-order valence-electron chi connectivity index (χ4n) is 3.24. The van der Waals surface area contributed by atoms with Crippen molar-refractivity contribution >= 4 is 18.0 Å². The van der Waals surface area contributed by atoms with E-state index in [0.29, 0.717) is 23.4 Å². The van der Waals surface area contributed by atoms with Crippen LogP contribution in [-0.4, -0.2) is 35.5 Å². The Labute approximate surface area is 182 Å². The van der Waals surface area contributed by atoms with E-state index in [1.165, 1.54) is 0 Å². The van der Waals surface area contributed by atoms with Gasteiger partial charge in [0.25, 0.3) is 0 Å². The van der Waals surface area contributed by atoms with Gasteiger partial charge in [0, 0.05) is 24.4 Å². The van der Waals surface area contributed by atoms with Gasteiger partial charge in [-0.15, -0.1) is 0 Å². The second kappa shape index (κ2) is 9.47. The lowest BCUT2D eigenvalue weighted by atomic mass is 10.0. The van der Waals surface area contributed by atoms with Crippen LogP contribution in [0.25, 0.3) is 0 Å². The lowest BCUT2D eigenvalue weighted by Crippen LogP contribution is -2.39. The lowest BCUT2D eigenvalue weighted by Gasteiger charge is -2.31.